The second-order valence-corrected chi connectivity index (χ2v) is 9.13. The molecule has 4 rings (SSSR count). The third-order valence-electron chi connectivity index (χ3n) is 5.96. The van der Waals surface area contributed by atoms with Crippen molar-refractivity contribution in [3.8, 4) is 5.75 Å². The highest BCUT2D eigenvalue weighted by atomic mass is 16.5. The van der Waals surface area contributed by atoms with Crippen molar-refractivity contribution in [3.05, 3.63) is 71.4 Å². The third kappa shape index (κ3) is 4.56. The van der Waals surface area contributed by atoms with Crippen LogP contribution in [0.3, 0.4) is 0 Å². The van der Waals surface area contributed by atoms with E-state index < -0.39 is 17.7 Å². The number of ether oxygens (including phenoxy) is 1. The first kappa shape index (κ1) is 23.6. The Kier molecular flexibility index (Phi) is 6.75. The van der Waals surface area contributed by atoms with Crippen molar-refractivity contribution >= 4 is 28.4 Å². The van der Waals surface area contributed by atoms with Crippen molar-refractivity contribution in [2.75, 3.05) is 27.2 Å². The van der Waals surface area contributed by atoms with Crippen LogP contribution in [0.25, 0.3) is 16.7 Å². The van der Waals surface area contributed by atoms with Crippen molar-refractivity contribution in [3.63, 3.8) is 0 Å². The topological polar surface area (TPSA) is 85.9 Å². The molecule has 7 heteroatoms. The van der Waals surface area contributed by atoms with E-state index in [2.05, 4.69) is 4.98 Å². The number of H-pyrrole nitrogens is 1. The Labute approximate surface area is 199 Å². The maximum absolute atomic E-state index is 13.2. The number of hydrogen-bond acceptors (Lipinski definition) is 5. The van der Waals surface area contributed by atoms with Gasteiger partial charge in [0, 0.05) is 34.8 Å². The maximum Gasteiger partial charge on any atom is 0.295 e. The molecule has 1 fully saturated rings. The van der Waals surface area contributed by atoms with E-state index in [1.54, 1.807) is 29.2 Å². The van der Waals surface area contributed by atoms with Gasteiger partial charge in [-0.05, 0) is 71.2 Å². The zero-order chi connectivity index (χ0) is 24.4. The number of benzene rings is 2. The standard InChI is InChI=1S/C27H31N3O4/c1-17(2)34-19-12-10-18(11-13-19)25(31)23-24(21-16-28-22-9-6-5-8-20(21)22)30(27(33)26(23)32)15-7-14-29(3)4/h5-6,8-13,16-17,24,28,31H,7,14-15H2,1-4H3/b25-23+. The van der Waals surface area contributed by atoms with Crippen molar-refractivity contribution in [2.24, 2.45) is 0 Å². The number of amides is 1. The second-order valence-electron chi connectivity index (χ2n) is 9.13. The number of Topliss-reactive ketones (excluding diaryl/α,β-unsaturated/α-hetero) is 1. The molecule has 34 heavy (non-hydrogen) atoms. The van der Waals surface area contributed by atoms with Gasteiger partial charge in [0.05, 0.1) is 17.7 Å². The number of hydrogen-bond donors (Lipinski definition) is 2. The van der Waals surface area contributed by atoms with Gasteiger partial charge in [-0.1, -0.05) is 18.2 Å². The lowest BCUT2D eigenvalue weighted by molar-refractivity contribution is -0.139. The van der Waals surface area contributed by atoms with Crippen molar-refractivity contribution in [1.82, 2.24) is 14.8 Å². The monoisotopic (exact) mass is 461 g/mol. The van der Waals surface area contributed by atoms with Crippen LogP contribution in [0, 0.1) is 0 Å². The van der Waals surface area contributed by atoms with Gasteiger partial charge < -0.3 is 24.6 Å². The second kappa shape index (κ2) is 9.73. The molecule has 0 radical (unpaired) electrons. The first-order valence-corrected chi connectivity index (χ1v) is 11.5. The maximum atomic E-state index is 13.2. The minimum Gasteiger partial charge on any atom is -0.507 e. The van der Waals surface area contributed by atoms with Crippen LogP contribution in [0.1, 0.15) is 37.4 Å². The quantitative estimate of drug-likeness (QED) is 0.296. The molecule has 0 bridgehead atoms. The van der Waals surface area contributed by atoms with E-state index in [1.165, 1.54) is 0 Å². The van der Waals surface area contributed by atoms with Crippen LogP contribution in [0.15, 0.2) is 60.3 Å². The minimum atomic E-state index is -0.676. The number of aromatic nitrogens is 1. The van der Waals surface area contributed by atoms with Gasteiger partial charge in [-0.2, -0.15) is 0 Å². The van der Waals surface area contributed by atoms with Gasteiger partial charge in [0.2, 0.25) is 0 Å². The van der Waals surface area contributed by atoms with Crippen LogP contribution in [0.5, 0.6) is 5.75 Å². The van der Waals surface area contributed by atoms with Crippen molar-refractivity contribution in [2.45, 2.75) is 32.4 Å². The Balaban J connectivity index is 1.80. The summed E-state index contributed by atoms with van der Waals surface area (Å²) in [6.07, 6.45) is 2.56. The number of para-hydroxylation sites is 1. The molecule has 1 unspecified atom stereocenters. The number of aromatic amines is 1. The van der Waals surface area contributed by atoms with Gasteiger partial charge in [-0.3, -0.25) is 9.59 Å². The molecule has 2 N–H and O–H groups in total. The fourth-order valence-electron chi connectivity index (χ4n) is 4.43. The van der Waals surface area contributed by atoms with E-state index in [4.69, 9.17) is 4.74 Å². The smallest absolute Gasteiger partial charge is 0.295 e. The number of aliphatic hydroxyl groups is 1. The van der Waals surface area contributed by atoms with Gasteiger partial charge in [0.25, 0.3) is 11.7 Å². The predicted octanol–water partition coefficient (Wildman–Crippen LogP) is 4.33. The van der Waals surface area contributed by atoms with Crippen molar-refractivity contribution < 1.29 is 19.4 Å². The highest BCUT2D eigenvalue weighted by Crippen LogP contribution is 2.42. The van der Waals surface area contributed by atoms with E-state index in [9.17, 15) is 14.7 Å². The van der Waals surface area contributed by atoms with E-state index >= 15 is 0 Å². The van der Waals surface area contributed by atoms with E-state index in [1.807, 2.05) is 63.3 Å². The Morgan fingerprint density at radius 2 is 1.82 bits per heavy atom. The number of rotatable bonds is 8. The molecule has 2 heterocycles. The average Bonchev–Trinajstić information content (AvgIpc) is 3.33. The normalized spacial score (nSPS) is 17.9. The number of aliphatic hydroxyl groups excluding tert-OH is 1. The summed E-state index contributed by atoms with van der Waals surface area (Å²) in [5.41, 5.74) is 2.27. The first-order valence-electron chi connectivity index (χ1n) is 11.5. The highest BCUT2D eigenvalue weighted by molar-refractivity contribution is 6.46. The summed E-state index contributed by atoms with van der Waals surface area (Å²) in [5, 5.41) is 12.2. The Bertz CT molecular complexity index is 1220. The van der Waals surface area contributed by atoms with Crippen LogP contribution in [0.4, 0.5) is 0 Å². The molecular formula is C27H31N3O4. The Morgan fingerprint density at radius 1 is 1.12 bits per heavy atom. The zero-order valence-electron chi connectivity index (χ0n) is 20.0. The van der Waals surface area contributed by atoms with Crippen LogP contribution in [-0.4, -0.2) is 64.9 Å². The summed E-state index contributed by atoms with van der Waals surface area (Å²) in [7, 11) is 3.94. The summed E-state index contributed by atoms with van der Waals surface area (Å²) < 4.78 is 5.69. The SMILES string of the molecule is CC(C)Oc1ccc(/C(O)=C2\C(=O)C(=O)N(CCCN(C)C)C2c2c[nH]c3ccccc23)cc1. The number of carbonyl (C=O) groups excluding carboxylic acids is 2. The van der Waals surface area contributed by atoms with Gasteiger partial charge in [0.15, 0.2) is 0 Å². The van der Waals surface area contributed by atoms with Gasteiger partial charge in [-0.15, -0.1) is 0 Å². The number of ketones is 1. The summed E-state index contributed by atoms with van der Waals surface area (Å²) >= 11 is 0. The molecule has 2 aromatic carbocycles. The zero-order valence-corrected chi connectivity index (χ0v) is 20.0. The molecule has 1 atom stereocenters. The predicted molar refractivity (Wildman–Crippen MR) is 133 cm³/mol. The van der Waals surface area contributed by atoms with Gasteiger partial charge in [0.1, 0.15) is 11.5 Å². The third-order valence-corrected chi connectivity index (χ3v) is 5.96. The lowest BCUT2D eigenvalue weighted by Gasteiger charge is -2.25. The van der Waals surface area contributed by atoms with Gasteiger partial charge >= 0.3 is 0 Å². The molecule has 178 valence electrons. The molecule has 1 saturated heterocycles. The fraction of sp³-hybridized carbons (Fsp3) is 0.333. The largest absolute Gasteiger partial charge is 0.507 e. The Hall–Kier alpha value is -3.58. The lowest BCUT2D eigenvalue weighted by atomic mass is 9.95. The minimum absolute atomic E-state index is 0.0220. The molecule has 7 nitrogen and oxygen atoms in total. The molecule has 1 amide bonds. The highest BCUT2D eigenvalue weighted by Gasteiger charge is 2.46. The van der Waals surface area contributed by atoms with E-state index in [0.717, 1.165) is 23.0 Å². The number of nitrogens with zero attached hydrogens (tertiary/aromatic N) is 2. The summed E-state index contributed by atoms with van der Waals surface area (Å²) in [5.74, 6) is -0.765. The van der Waals surface area contributed by atoms with E-state index in [-0.39, 0.29) is 17.4 Å². The molecule has 0 aliphatic carbocycles. The first-order chi connectivity index (χ1) is 16.3. The molecule has 0 saturated carbocycles. The average molecular weight is 462 g/mol. The van der Waals surface area contributed by atoms with Gasteiger partial charge in [-0.25, -0.2) is 0 Å². The molecule has 0 spiro atoms. The summed E-state index contributed by atoms with van der Waals surface area (Å²) in [6.45, 7) is 5.06. The summed E-state index contributed by atoms with van der Waals surface area (Å²) in [4.78, 5) is 33.2. The fourth-order valence-corrected chi connectivity index (χ4v) is 4.43. The molecule has 3 aromatic rings. The van der Waals surface area contributed by atoms with Crippen LogP contribution in [-0.2, 0) is 9.59 Å². The number of nitrogens with one attached hydrogen (secondary N) is 1. The molecule has 1 aliphatic heterocycles. The molecule has 1 aromatic heterocycles. The summed E-state index contributed by atoms with van der Waals surface area (Å²) in [6, 6.07) is 14.0. The number of likely N-dealkylation sites (tertiary alicyclic amines) is 1. The van der Waals surface area contributed by atoms with Crippen LogP contribution in [0.2, 0.25) is 0 Å². The van der Waals surface area contributed by atoms with E-state index in [0.29, 0.717) is 24.3 Å². The Morgan fingerprint density at radius 3 is 2.50 bits per heavy atom. The number of carbonyl (C=O) groups is 2. The lowest BCUT2D eigenvalue weighted by Crippen LogP contribution is -2.32. The molecule has 1 aliphatic rings. The van der Waals surface area contributed by atoms with Crippen LogP contribution >= 0.6 is 0 Å². The number of fused-ring (bicyclic) bond motifs is 1. The van der Waals surface area contributed by atoms with Crippen molar-refractivity contribution in [1.29, 1.82) is 0 Å². The molecular weight excluding hydrogens is 430 g/mol. The van der Waals surface area contributed by atoms with Crippen LogP contribution < -0.4 is 4.74 Å².